The van der Waals surface area contributed by atoms with Crippen molar-refractivity contribution in [3.63, 3.8) is 0 Å². The van der Waals surface area contributed by atoms with E-state index in [1.54, 1.807) is 6.08 Å². The summed E-state index contributed by atoms with van der Waals surface area (Å²) in [6.45, 7) is 8.44. The number of carbonyl (C=O) groups is 1. The van der Waals surface area contributed by atoms with Gasteiger partial charge in [-0.25, -0.2) is 0 Å². The van der Waals surface area contributed by atoms with Gasteiger partial charge >= 0.3 is 0 Å². The monoisotopic (exact) mass is 235 g/mol. The lowest BCUT2D eigenvalue weighted by atomic mass is 10.1. The number of Topliss-reactive ketones (excluding diaryl/α,β-unsaturated/α-hetero) is 1. The summed E-state index contributed by atoms with van der Waals surface area (Å²) in [4.78, 5) is 11.9. The van der Waals surface area contributed by atoms with E-state index in [0.29, 0.717) is 12.8 Å². The summed E-state index contributed by atoms with van der Waals surface area (Å²) < 4.78 is 1.87. The maximum Gasteiger partial charge on any atom is 0.155 e. The van der Waals surface area contributed by atoms with Gasteiger partial charge in [0.15, 0.2) is 5.78 Å². The number of nitrogens with zero attached hydrogens (tertiary/aromatic N) is 2. The van der Waals surface area contributed by atoms with Crippen molar-refractivity contribution in [1.29, 1.82) is 0 Å². The molecule has 0 fully saturated rings. The van der Waals surface area contributed by atoms with Crippen molar-refractivity contribution >= 4 is 5.78 Å². The highest BCUT2D eigenvalue weighted by Crippen LogP contribution is 2.08. The van der Waals surface area contributed by atoms with E-state index in [4.69, 9.17) is 5.73 Å². The van der Waals surface area contributed by atoms with E-state index >= 15 is 0 Å². The van der Waals surface area contributed by atoms with E-state index in [2.05, 4.69) is 18.6 Å². The molecule has 94 valence electrons. The van der Waals surface area contributed by atoms with Crippen molar-refractivity contribution in [2.75, 3.05) is 0 Å². The Morgan fingerprint density at radius 2 is 2.35 bits per heavy atom. The van der Waals surface area contributed by atoms with Crippen molar-refractivity contribution in [2.45, 2.75) is 45.7 Å². The molecule has 0 saturated carbocycles. The number of hydrogen-bond donors (Lipinski definition) is 1. The number of aryl methyl sites for hydroxylation is 2. The highest BCUT2D eigenvalue weighted by Gasteiger charge is 2.15. The van der Waals surface area contributed by atoms with Crippen LogP contribution in [-0.2, 0) is 24.2 Å². The zero-order chi connectivity index (χ0) is 12.8. The quantitative estimate of drug-likeness (QED) is 0.728. The van der Waals surface area contributed by atoms with E-state index in [1.165, 1.54) is 0 Å². The topological polar surface area (TPSA) is 60.9 Å². The van der Waals surface area contributed by atoms with Crippen LogP contribution in [0.4, 0.5) is 0 Å². The van der Waals surface area contributed by atoms with Crippen molar-refractivity contribution < 1.29 is 4.79 Å². The summed E-state index contributed by atoms with van der Waals surface area (Å²) >= 11 is 0. The lowest BCUT2D eigenvalue weighted by molar-refractivity contribution is -0.119. The zero-order valence-electron chi connectivity index (χ0n) is 10.6. The molecule has 1 aromatic rings. The van der Waals surface area contributed by atoms with Gasteiger partial charge in [0.05, 0.1) is 18.2 Å². The number of nitrogens with two attached hydrogens (primary N) is 1. The fraction of sp³-hybridized carbons (Fsp3) is 0.538. The van der Waals surface area contributed by atoms with Crippen LogP contribution in [0, 0.1) is 0 Å². The molecule has 2 N–H and O–H groups in total. The van der Waals surface area contributed by atoms with Crippen molar-refractivity contribution in [1.82, 2.24) is 9.78 Å². The fourth-order valence-electron chi connectivity index (χ4n) is 1.72. The Labute approximate surface area is 102 Å². The first-order chi connectivity index (χ1) is 8.12. The van der Waals surface area contributed by atoms with Gasteiger partial charge in [0.25, 0.3) is 0 Å². The Hall–Kier alpha value is -1.42. The summed E-state index contributed by atoms with van der Waals surface area (Å²) in [7, 11) is 0. The summed E-state index contributed by atoms with van der Waals surface area (Å²) in [5.41, 5.74) is 7.73. The van der Waals surface area contributed by atoms with Crippen molar-refractivity contribution in [3.05, 3.63) is 30.1 Å². The van der Waals surface area contributed by atoms with Crippen LogP contribution < -0.4 is 5.73 Å². The second-order valence-corrected chi connectivity index (χ2v) is 4.07. The Morgan fingerprint density at radius 3 is 2.88 bits per heavy atom. The standard InChI is InChI=1S/C13H21N3O/c1-4-7-12(14)13(17)9-11-8-10(5-2)15-16(11)6-3/h4,8,12H,1,5-7,9,14H2,2-3H3. The molecule has 1 heterocycles. The molecule has 1 unspecified atom stereocenters. The molecule has 0 aliphatic rings. The zero-order valence-corrected chi connectivity index (χ0v) is 10.6. The van der Waals surface area contributed by atoms with Crippen molar-refractivity contribution in [2.24, 2.45) is 5.73 Å². The summed E-state index contributed by atoms with van der Waals surface area (Å²) in [6.07, 6.45) is 3.44. The molecule has 0 aliphatic carbocycles. The first kappa shape index (κ1) is 13.6. The molecule has 0 radical (unpaired) electrons. The number of ketones is 1. The Kier molecular flexibility index (Phi) is 5.10. The van der Waals surface area contributed by atoms with E-state index < -0.39 is 6.04 Å². The highest BCUT2D eigenvalue weighted by molar-refractivity contribution is 5.85. The number of carbonyl (C=O) groups excluding carboxylic acids is 1. The molecule has 0 saturated heterocycles. The summed E-state index contributed by atoms with van der Waals surface area (Å²) in [5.74, 6) is 0.0437. The minimum absolute atomic E-state index is 0.0437. The smallest absolute Gasteiger partial charge is 0.155 e. The van der Waals surface area contributed by atoms with Gasteiger partial charge < -0.3 is 5.73 Å². The lowest BCUT2D eigenvalue weighted by Crippen LogP contribution is -2.31. The average Bonchev–Trinajstić information content (AvgIpc) is 2.71. The highest BCUT2D eigenvalue weighted by atomic mass is 16.1. The van der Waals surface area contributed by atoms with Gasteiger partial charge in [-0.2, -0.15) is 5.10 Å². The molecule has 1 atom stereocenters. The van der Waals surface area contributed by atoms with Gasteiger partial charge in [-0.3, -0.25) is 9.48 Å². The maximum absolute atomic E-state index is 11.9. The van der Waals surface area contributed by atoms with Gasteiger partial charge in [0, 0.05) is 12.2 Å². The molecule has 4 heteroatoms. The van der Waals surface area contributed by atoms with Crippen LogP contribution in [0.1, 0.15) is 31.7 Å². The molecule has 4 nitrogen and oxygen atoms in total. The maximum atomic E-state index is 11.9. The molecule has 1 rings (SSSR count). The van der Waals surface area contributed by atoms with Crippen LogP contribution in [-0.4, -0.2) is 21.6 Å². The molecule has 0 aromatic carbocycles. The third-order valence-corrected chi connectivity index (χ3v) is 2.77. The van der Waals surface area contributed by atoms with Crippen LogP contribution in [0.25, 0.3) is 0 Å². The van der Waals surface area contributed by atoms with Crippen LogP contribution in [0.2, 0.25) is 0 Å². The average molecular weight is 235 g/mol. The fourth-order valence-corrected chi connectivity index (χ4v) is 1.72. The Morgan fingerprint density at radius 1 is 1.65 bits per heavy atom. The van der Waals surface area contributed by atoms with Crippen LogP contribution in [0.15, 0.2) is 18.7 Å². The molecule has 0 bridgehead atoms. The first-order valence-electron chi connectivity index (χ1n) is 6.07. The second-order valence-electron chi connectivity index (χ2n) is 4.07. The summed E-state index contributed by atoms with van der Waals surface area (Å²) in [6, 6.07) is 1.54. The van der Waals surface area contributed by atoms with Crippen molar-refractivity contribution in [3.8, 4) is 0 Å². The molecular formula is C13H21N3O. The number of rotatable bonds is 7. The van der Waals surface area contributed by atoms with Gasteiger partial charge in [-0.15, -0.1) is 6.58 Å². The predicted molar refractivity (Wildman–Crippen MR) is 68.8 cm³/mol. The SMILES string of the molecule is C=CCC(N)C(=O)Cc1cc(CC)nn1CC. The molecule has 0 spiro atoms. The van der Waals surface area contributed by atoms with E-state index in [-0.39, 0.29) is 5.78 Å². The minimum atomic E-state index is -0.446. The molecule has 0 aliphatic heterocycles. The molecule has 1 aromatic heterocycles. The lowest BCUT2D eigenvalue weighted by Gasteiger charge is -2.08. The Balaban J connectivity index is 2.76. The first-order valence-corrected chi connectivity index (χ1v) is 6.07. The molecule has 0 amide bonds. The van der Waals surface area contributed by atoms with Gasteiger partial charge in [0.2, 0.25) is 0 Å². The number of hydrogen-bond acceptors (Lipinski definition) is 3. The van der Waals surface area contributed by atoms with Crippen LogP contribution >= 0.6 is 0 Å². The van der Waals surface area contributed by atoms with Gasteiger partial charge in [-0.05, 0) is 25.8 Å². The van der Waals surface area contributed by atoms with Crippen LogP contribution in [0.3, 0.4) is 0 Å². The van der Waals surface area contributed by atoms with E-state index in [0.717, 1.165) is 24.4 Å². The normalized spacial score (nSPS) is 12.4. The number of aromatic nitrogens is 2. The minimum Gasteiger partial charge on any atom is -0.321 e. The molecule has 17 heavy (non-hydrogen) atoms. The largest absolute Gasteiger partial charge is 0.321 e. The third kappa shape index (κ3) is 3.53. The van der Waals surface area contributed by atoms with Crippen LogP contribution in [0.5, 0.6) is 0 Å². The van der Waals surface area contributed by atoms with E-state index in [1.807, 2.05) is 17.7 Å². The third-order valence-electron chi connectivity index (χ3n) is 2.77. The summed E-state index contributed by atoms with van der Waals surface area (Å²) in [5, 5.41) is 4.41. The predicted octanol–water partition coefficient (Wildman–Crippen LogP) is 1.48. The van der Waals surface area contributed by atoms with Gasteiger partial charge in [0.1, 0.15) is 0 Å². The molecular weight excluding hydrogens is 214 g/mol. The Bertz CT molecular complexity index is 395. The second kappa shape index (κ2) is 6.35. The van der Waals surface area contributed by atoms with Gasteiger partial charge in [-0.1, -0.05) is 13.0 Å². The van der Waals surface area contributed by atoms with E-state index in [9.17, 15) is 4.79 Å².